The summed E-state index contributed by atoms with van der Waals surface area (Å²) in [5, 5.41) is 9.45. The van der Waals surface area contributed by atoms with Crippen molar-refractivity contribution in [1.82, 2.24) is 0 Å². The minimum Gasteiger partial charge on any atom is -0.507 e. The van der Waals surface area contributed by atoms with Crippen LogP contribution in [0.15, 0.2) is 18.7 Å². The number of rotatable bonds is 1. The summed E-state index contributed by atoms with van der Waals surface area (Å²) in [5.41, 5.74) is 2.86. The quantitative estimate of drug-likeness (QED) is 0.649. The Bertz CT molecular complexity index is 287. The lowest BCUT2D eigenvalue weighted by atomic mass is 10.1. The van der Waals surface area contributed by atoms with E-state index in [2.05, 4.69) is 6.58 Å². The standard InChI is InChI=1S/C10H12O/c1-4-9-6-7(2)5-8(3)10(9)11/h4-6,11H,1H2,2-3H3. The summed E-state index contributed by atoms with van der Waals surface area (Å²) in [6.45, 7) is 7.50. The minimum absolute atomic E-state index is 0.339. The van der Waals surface area contributed by atoms with Crippen LogP contribution >= 0.6 is 0 Å². The first kappa shape index (κ1) is 7.86. The Labute approximate surface area is 67.0 Å². The van der Waals surface area contributed by atoms with E-state index >= 15 is 0 Å². The van der Waals surface area contributed by atoms with Crippen LogP contribution in [0, 0.1) is 13.8 Å². The Hall–Kier alpha value is -1.24. The highest BCUT2D eigenvalue weighted by molar-refractivity contribution is 5.58. The van der Waals surface area contributed by atoms with Crippen LogP contribution in [-0.4, -0.2) is 5.11 Å². The molecule has 0 atom stereocenters. The van der Waals surface area contributed by atoms with E-state index in [0.717, 1.165) is 16.7 Å². The van der Waals surface area contributed by atoms with Gasteiger partial charge >= 0.3 is 0 Å². The van der Waals surface area contributed by atoms with E-state index in [1.54, 1.807) is 6.08 Å². The first-order valence-corrected chi connectivity index (χ1v) is 3.58. The van der Waals surface area contributed by atoms with Crippen LogP contribution < -0.4 is 0 Å². The summed E-state index contributed by atoms with van der Waals surface area (Å²) >= 11 is 0. The van der Waals surface area contributed by atoms with Crippen molar-refractivity contribution in [3.8, 4) is 5.75 Å². The van der Waals surface area contributed by atoms with Crippen molar-refractivity contribution >= 4 is 6.08 Å². The predicted molar refractivity (Wildman–Crippen MR) is 47.7 cm³/mol. The third-order valence-corrected chi connectivity index (χ3v) is 1.69. The second kappa shape index (κ2) is 2.79. The number of hydrogen-bond donors (Lipinski definition) is 1. The molecule has 1 aromatic carbocycles. The number of benzene rings is 1. The molecular weight excluding hydrogens is 136 g/mol. The molecule has 0 amide bonds. The SMILES string of the molecule is C=Cc1cc(C)cc(C)c1O. The van der Waals surface area contributed by atoms with Crippen molar-refractivity contribution in [1.29, 1.82) is 0 Å². The first-order valence-electron chi connectivity index (χ1n) is 3.58. The van der Waals surface area contributed by atoms with E-state index in [1.807, 2.05) is 26.0 Å². The lowest BCUT2D eigenvalue weighted by molar-refractivity contribution is 0.469. The molecule has 0 spiro atoms. The molecule has 0 bridgehead atoms. The zero-order chi connectivity index (χ0) is 8.43. The molecule has 0 aliphatic rings. The highest BCUT2D eigenvalue weighted by Gasteiger charge is 2.00. The molecule has 58 valence electrons. The number of aryl methyl sites for hydroxylation is 2. The summed E-state index contributed by atoms with van der Waals surface area (Å²) in [6.07, 6.45) is 1.66. The normalized spacial score (nSPS) is 9.64. The van der Waals surface area contributed by atoms with Crippen molar-refractivity contribution < 1.29 is 5.11 Å². The molecule has 0 aliphatic heterocycles. The molecule has 0 saturated heterocycles. The van der Waals surface area contributed by atoms with Gasteiger partial charge in [0.1, 0.15) is 5.75 Å². The molecular formula is C10H12O. The smallest absolute Gasteiger partial charge is 0.125 e. The third-order valence-electron chi connectivity index (χ3n) is 1.69. The maximum Gasteiger partial charge on any atom is 0.125 e. The lowest BCUT2D eigenvalue weighted by Gasteiger charge is -2.03. The summed E-state index contributed by atoms with van der Waals surface area (Å²) in [4.78, 5) is 0. The van der Waals surface area contributed by atoms with E-state index in [1.165, 1.54) is 0 Å². The summed E-state index contributed by atoms with van der Waals surface area (Å²) < 4.78 is 0. The Morgan fingerprint density at radius 2 is 2.00 bits per heavy atom. The Kier molecular flexibility index (Phi) is 1.99. The molecule has 0 aromatic heterocycles. The molecule has 0 saturated carbocycles. The molecule has 0 aliphatic carbocycles. The zero-order valence-electron chi connectivity index (χ0n) is 6.89. The van der Waals surface area contributed by atoms with Crippen molar-refractivity contribution in [2.45, 2.75) is 13.8 Å². The minimum atomic E-state index is 0.339. The van der Waals surface area contributed by atoms with Crippen LogP contribution in [0.5, 0.6) is 5.75 Å². The summed E-state index contributed by atoms with van der Waals surface area (Å²) in [7, 11) is 0. The maximum absolute atomic E-state index is 9.45. The molecule has 1 nitrogen and oxygen atoms in total. The van der Waals surface area contributed by atoms with Gasteiger partial charge in [0.05, 0.1) is 0 Å². The molecule has 0 heterocycles. The number of phenols is 1. The second-order valence-corrected chi connectivity index (χ2v) is 2.72. The van der Waals surface area contributed by atoms with E-state index in [9.17, 15) is 5.11 Å². The van der Waals surface area contributed by atoms with Gasteiger partial charge in [0, 0.05) is 5.56 Å². The van der Waals surface area contributed by atoms with E-state index < -0.39 is 0 Å². The largest absolute Gasteiger partial charge is 0.507 e. The number of aromatic hydroxyl groups is 1. The predicted octanol–water partition coefficient (Wildman–Crippen LogP) is 2.65. The van der Waals surface area contributed by atoms with Gasteiger partial charge in [-0.1, -0.05) is 24.3 Å². The molecule has 0 unspecified atom stereocenters. The number of phenolic OH excluding ortho intramolecular Hbond substituents is 1. The van der Waals surface area contributed by atoms with Gasteiger partial charge in [0.2, 0.25) is 0 Å². The van der Waals surface area contributed by atoms with Crippen LogP contribution in [0.3, 0.4) is 0 Å². The van der Waals surface area contributed by atoms with Crippen molar-refractivity contribution in [2.24, 2.45) is 0 Å². The molecule has 11 heavy (non-hydrogen) atoms. The fourth-order valence-electron chi connectivity index (χ4n) is 1.15. The lowest BCUT2D eigenvalue weighted by Crippen LogP contribution is -1.82. The maximum atomic E-state index is 9.45. The zero-order valence-corrected chi connectivity index (χ0v) is 6.89. The van der Waals surface area contributed by atoms with Crippen molar-refractivity contribution in [2.75, 3.05) is 0 Å². The van der Waals surface area contributed by atoms with Crippen LogP contribution in [0.1, 0.15) is 16.7 Å². The van der Waals surface area contributed by atoms with Gasteiger partial charge in [0.25, 0.3) is 0 Å². The topological polar surface area (TPSA) is 20.2 Å². The van der Waals surface area contributed by atoms with Gasteiger partial charge in [-0.2, -0.15) is 0 Å². The van der Waals surface area contributed by atoms with Crippen LogP contribution in [0.2, 0.25) is 0 Å². The van der Waals surface area contributed by atoms with Crippen LogP contribution in [-0.2, 0) is 0 Å². The van der Waals surface area contributed by atoms with Gasteiger partial charge in [-0.3, -0.25) is 0 Å². The average Bonchev–Trinajstić information content (AvgIpc) is 1.96. The summed E-state index contributed by atoms with van der Waals surface area (Å²) in [5.74, 6) is 0.339. The van der Waals surface area contributed by atoms with Gasteiger partial charge < -0.3 is 5.11 Å². The molecule has 1 rings (SSSR count). The molecule has 1 heteroatoms. The van der Waals surface area contributed by atoms with Gasteiger partial charge in [-0.25, -0.2) is 0 Å². The number of hydrogen-bond acceptors (Lipinski definition) is 1. The Morgan fingerprint density at radius 3 is 2.55 bits per heavy atom. The molecule has 0 radical (unpaired) electrons. The Balaban J connectivity index is 3.35. The Morgan fingerprint density at radius 1 is 1.36 bits per heavy atom. The fraction of sp³-hybridized carbons (Fsp3) is 0.200. The van der Waals surface area contributed by atoms with E-state index in [4.69, 9.17) is 0 Å². The second-order valence-electron chi connectivity index (χ2n) is 2.72. The van der Waals surface area contributed by atoms with Gasteiger partial charge in [-0.05, 0) is 25.5 Å². The fourth-order valence-corrected chi connectivity index (χ4v) is 1.15. The highest BCUT2D eigenvalue weighted by Crippen LogP contribution is 2.24. The van der Waals surface area contributed by atoms with Gasteiger partial charge in [-0.15, -0.1) is 0 Å². The first-order chi connectivity index (χ1) is 5.15. The van der Waals surface area contributed by atoms with Crippen molar-refractivity contribution in [3.05, 3.63) is 35.4 Å². The van der Waals surface area contributed by atoms with Crippen molar-refractivity contribution in [3.63, 3.8) is 0 Å². The average molecular weight is 148 g/mol. The van der Waals surface area contributed by atoms with E-state index in [-0.39, 0.29) is 0 Å². The van der Waals surface area contributed by atoms with Crippen LogP contribution in [0.4, 0.5) is 0 Å². The van der Waals surface area contributed by atoms with Crippen LogP contribution in [0.25, 0.3) is 6.08 Å². The molecule has 0 fully saturated rings. The highest BCUT2D eigenvalue weighted by atomic mass is 16.3. The monoisotopic (exact) mass is 148 g/mol. The summed E-state index contributed by atoms with van der Waals surface area (Å²) in [6, 6.07) is 3.86. The van der Waals surface area contributed by atoms with Gasteiger partial charge in [0.15, 0.2) is 0 Å². The third kappa shape index (κ3) is 1.43. The molecule has 1 aromatic rings. The van der Waals surface area contributed by atoms with E-state index in [0.29, 0.717) is 5.75 Å². The molecule has 1 N–H and O–H groups in total.